The van der Waals surface area contributed by atoms with Crippen molar-refractivity contribution >= 4 is 10.0 Å². The van der Waals surface area contributed by atoms with E-state index in [0.29, 0.717) is 0 Å². The summed E-state index contributed by atoms with van der Waals surface area (Å²) in [7, 11) is -4.64. The van der Waals surface area contributed by atoms with Gasteiger partial charge in [0.05, 0.1) is 16.0 Å². The molecule has 0 atom stereocenters. The molecular weight excluding hydrogens is 302 g/mol. The Kier molecular flexibility index (Phi) is 3.85. The van der Waals surface area contributed by atoms with Crippen LogP contribution in [0.4, 0.5) is 26.3 Å². The fourth-order valence-corrected chi connectivity index (χ4v) is 1.85. The molecule has 1 aromatic rings. The highest BCUT2D eigenvalue weighted by Crippen LogP contribution is 2.37. The van der Waals surface area contributed by atoms with Crippen molar-refractivity contribution in [3.05, 3.63) is 29.3 Å². The lowest BCUT2D eigenvalue weighted by Crippen LogP contribution is -2.30. The minimum Gasteiger partial charge on any atom is -0.257 e. The molecule has 11 heteroatoms. The van der Waals surface area contributed by atoms with Crippen molar-refractivity contribution in [1.29, 1.82) is 0 Å². The number of rotatable bonds is 2. The van der Waals surface area contributed by atoms with E-state index in [1.807, 2.05) is 0 Å². The Morgan fingerprint density at radius 3 is 1.53 bits per heavy atom. The molecule has 0 aliphatic heterocycles. The molecule has 0 saturated carbocycles. The summed E-state index contributed by atoms with van der Waals surface area (Å²) >= 11 is 0. The summed E-state index contributed by atoms with van der Waals surface area (Å²) in [5.74, 6) is 4.56. The van der Waals surface area contributed by atoms with Gasteiger partial charge in [-0.2, -0.15) is 31.2 Å². The first-order chi connectivity index (χ1) is 8.38. The summed E-state index contributed by atoms with van der Waals surface area (Å²) < 4.78 is 96.9. The van der Waals surface area contributed by atoms with E-state index in [2.05, 4.69) is 5.84 Å². The lowest BCUT2D eigenvalue weighted by molar-refractivity contribution is -0.143. The van der Waals surface area contributed by atoms with Crippen molar-refractivity contribution < 1.29 is 34.8 Å². The molecule has 1 rings (SSSR count). The SMILES string of the molecule is NNS(=O)(=O)c1cc(C(F)(F)F)cc(C(F)(F)F)c1. The van der Waals surface area contributed by atoms with Crippen LogP contribution in [0.3, 0.4) is 0 Å². The van der Waals surface area contributed by atoms with Gasteiger partial charge in [-0.3, -0.25) is 5.84 Å². The summed E-state index contributed by atoms with van der Waals surface area (Å²) in [6, 6.07) is -0.0651. The monoisotopic (exact) mass is 308 g/mol. The molecule has 0 aromatic heterocycles. The van der Waals surface area contributed by atoms with Crippen LogP contribution in [0.25, 0.3) is 0 Å². The third-order valence-corrected chi connectivity index (χ3v) is 3.19. The largest absolute Gasteiger partial charge is 0.416 e. The number of nitrogens with two attached hydrogens (primary N) is 1. The van der Waals surface area contributed by atoms with Gasteiger partial charge in [0.15, 0.2) is 0 Å². The number of alkyl halides is 6. The van der Waals surface area contributed by atoms with Crippen LogP contribution >= 0.6 is 0 Å². The van der Waals surface area contributed by atoms with Crippen LogP contribution in [-0.2, 0) is 22.4 Å². The normalized spacial score (nSPS) is 13.6. The van der Waals surface area contributed by atoms with Crippen molar-refractivity contribution in [2.45, 2.75) is 17.2 Å². The summed E-state index contributed by atoms with van der Waals surface area (Å²) in [5.41, 5.74) is -3.48. The molecular formula is C8H6F6N2O2S. The van der Waals surface area contributed by atoms with Gasteiger partial charge in [0.25, 0.3) is 10.0 Å². The Morgan fingerprint density at radius 2 is 1.26 bits per heavy atom. The second-order valence-corrected chi connectivity index (χ2v) is 5.08. The van der Waals surface area contributed by atoms with Gasteiger partial charge in [-0.05, 0) is 18.2 Å². The van der Waals surface area contributed by atoms with Crippen LogP contribution in [0.15, 0.2) is 23.1 Å². The van der Waals surface area contributed by atoms with Crippen LogP contribution in [0.1, 0.15) is 11.1 Å². The molecule has 4 nitrogen and oxygen atoms in total. The van der Waals surface area contributed by atoms with Crippen LogP contribution in [-0.4, -0.2) is 8.42 Å². The Labute approximate surface area is 103 Å². The zero-order valence-electron chi connectivity index (χ0n) is 8.80. The molecule has 0 spiro atoms. The zero-order chi connectivity index (χ0) is 15.1. The van der Waals surface area contributed by atoms with E-state index in [4.69, 9.17) is 0 Å². The average Bonchev–Trinajstić information content (AvgIpc) is 2.26. The second kappa shape index (κ2) is 4.65. The molecule has 0 fully saturated rings. The summed E-state index contributed by atoms with van der Waals surface area (Å²) in [6.07, 6.45) is -10.2. The van der Waals surface area contributed by atoms with Crippen LogP contribution in [0.5, 0.6) is 0 Å². The molecule has 0 bridgehead atoms. The molecule has 0 saturated heterocycles. The fourth-order valence-electron chi connectivity index (χ4n) is 1.15. The predicted molar refractivity (Wildman–Crippen MR) is 51.0 cm³/mol. The number of hydrazine groups is 1. The molecule has 0 unspecified atom stereocenters. The highest BCUT2D eigenvalue weighted by atomic mass is 32.2. The highest BCUT2D eigenvalue weighted by Gasteiger charge is 2.38. The van der Waals surface area contributed by atoms with Crippen molar-refractivity contribution in [2.75, 3.05) is 0 Å². The Hall–Kier alpha value is -1.33. The molecule has 19 heavy (non-hydrogen) atoms. The van der Waals surface area contributed by atoms with E-state index in [9.17, 15) is 34.8 Å². The lowest BCUT2D eigenvalue weighted by atomic mass is 10.1. The van der Waals surface area contributed by atoms with Crippen molar-refractivity contribution in [3.8, 4) is 0 Å². The minimum absolute atomic E-state index is 0.0600. The molecule has 3 N–H and O–H groups in total. The van der Waals surface area contributed by atoms with Crippen molar-refractivity contribution in [3.63, 3.8) is 0 Å². The summed E-state index contributed by atoms with van der Waals surface area (Å²) in [4.78, 5) is -0.0724. The van der Waals surface area contributed by atoms with Gasteiger partial charge >= 0.3 is 12.4 Å². The topological polar surface area (TPSA) is 72.2 Å². The van der Waals surface area contributed by atoms with E-state index >= 15 is 0 Å². The molecule has 0 aliphatic carbocycles. The van der Waals surface area contributed by atoms with Gasteiger partial charge < -0.3 is 0 Å². The van der Waals surface area contributed by atoms with Gasteiger partial charge in [-0.15, -0.1) is 0 Å². The molecule has 0 aliphatic rings. The maximum absolute atomic E-state index is 12.4. The average molecular weight is 308 g/mol. The first-order valence-electron chi connectivity index (χ1n) is 4.40. The minimum atomic E-state index is -5.12. The van der Waals surface area contributed by atoms with Gasteiger partial charge in [0, 0.05) is 0 Å². The number of halogens is 6. The van der Waals surface area contributed by atoms with E-state index in [1.165, 1.54) is 0 Å². The van der Waals surface area contributed by atoms with E-state index in [0.717, 1.165) is 4.83 Å². The van der Waals surface area contributed by atoms with Gasteiger partial charge in [0.1, 0.15) is 0 Å². The molecule has 0 amide bonds. The van der Waals surface area contributed by atoms with Crippen LogP contribution < -0.4 is 10.7 Å². The quantitative estimate of drug-likeness (QED) is 0.498. The van der Waals surface area contributed by atoms with Crippen molar-refractivity contribution in [2.24, 2.45) is 5.84 Å². The number of nitrogens with one attached hydrogen (secondary N) is 1. The van der Waals surface area contributed by atoms with Crippen LogP contribution in [0, 0.1) is 0 Å². The summed E-state index contributed by atoms with van der Waals surface area (Å²) in [5, 5.41) is 0. The number of hydrogen-bond donors (Lipinski definition) is 2. The Morgan fingerprint density at radius 1 is 0.895 bits per heavy atom. The standard InChI is InChI=1S/C8H6F6N2O2S/c9-7(10,11)4-1-5(8(12,13)14)3-6(2-4)19(17,18)16-15/h1-3,16H,15H2. The summed E-state index contributed by atoms with van der Waals surface area (Å²) in [6.45, 7) is 0. The molecule has 108 valence electrons. The second-order valence-electron chi connectivity index (χ2n) is 3.36. The lowest BCUT2D eigenvalue weighted by Gasteiger charge is -2.13. The number of sulfonamides is 1. The highest BCUT2D eigenvalue weighted by molar-refractivity contribution is 7.89. The van der Waals surface area contributed by atoms with Gasteiger partial charge in [0.2, 0.25) is 0 Å². The Bertz CT molecular complexity index is 546. The zero-order valence-corrected chi connectivity index (χ0v) is 9.62. The maximum atomic E-state index is 12.4. The third kappa shape index (κ3) is 3.58. The fraction of sp³-hybridized carbons (Fsp3) is 0.250. The molecule has 1 aromatic carbocycles. The van der Waals surface area contributed by atoms with E-state index < -0.39 is 38.4 Å². The van der Waals surface area contributed by atoms with E-state index in [-0.39, 0.29) is 18.2 Å². The first-order valence-corrected chi connectivity index (χ1v) is 5.88. The first kappa shape index (κ1) is 15.7. The van der Waals surface area contributed by atoms with Gasteiger partial charge in [-0.1, -0.05) is 0 Å². The third-order valence-electron chi connectivity index (χ3n) is 2.03. The molecule has 0 heterocycles. The van der Waals surface area contributed by atoms with Gasteiger partial charge in [-0.25, -0.2) is 8.42 Å². The van der Waals surface area contributed by atoms with Crippen molar-refractivity contribution in [1.82, 2.24) is 4.83 Å². The number of hydrogen-bond acceptors (Lipinski definition) is 3. The van der Waals surface area contributed by atoms with E-state index in [1.54, 1.807) is 0 Å². The molecule has 0 radical (unpaired) electrons. The number of benzene rings is 1. The maximum Gasteiger partial charge on any atom is 0.416 e. The van der Waals surface area contributed by atoms with Crippen LogP contribution in [0.2, 0.25) is 0 Å². The smallest absolute Gasteiger partial charge is 0.257 e. The predicted octanol–water partition coefficient (Wildman–Crippen LogP) is 1.88. The Balaban J connectivity index is 3.60.